The maximum absolute atomic E-state index is 13.3. The van der Waals surface area contributed by atoms with Crippen molar-refractivity contribution in [1.29, 1.82) is 0 Å². The third-order valence-corrected chi connectivity index (χ3v) is 14.8. The minimum absolute atomic E-state index is 0.123. The van der Waals surface area contributed by atoms with Crippen LogP contribution in [0.1, 0.15) is 245 Å². The molecule has 4 aromatic rings. The first-order valence-electron chi connectivity index (χ1n) is 27.9. The lowest BCUT2D eigenvalue weighted by Crippen LogP contribution is -2.30. The molecular weight excluding hydrogens is 927 g/mol. The van der Waals surface area contributed by atoms with Gasteiger partial charge in [0.25, 0.3) is 0 Å². The molecule has 2 aromatic heterocycles. The number of aryl methyl sites for hydroxylation is 4. The number of aromatic nitrogens is 6. The van der Waals surface area contributed by atoms with Gasteiger partial charge in [0.1, 0.15) is 23.3 Å². The number of hydrogen-bond donors (Lipinski definition) is 1. The standard InChI is InChI=1S/C31H45N3O3.C22H35N3O3.C8H11N/c1-19(2)12-22-14-26(15-22)34-30(23-10-11-23)29(32-33-34)25(18-28(36)37-31(5,6)7)17-27(35)16-24-9-8-20(3)13-21(24)4;1-14(2)10-15-11-18(12-15)25-21(16-6-7-16)20(23-24-25)17(8-9-26)13-19(27)28-22(3,4)5;1-6-3-4-8(9)7(2)5-6/h8-9,13,19,22-23,25-26H,10-12,14-18H2,1-7H3;9,14-18H,6-8,10-13H2,1-5H3;3-5H,9H2,1-2H3. The van der Waals surface area contributed by atoms with Crippen molar-refractivity contribution in [2.24, 2.45) is 23.7 Å². The van der Waals surface area contributed by atoms with Crippen molar-refractivity contribution in [1.82, 2.24) is 30.0 Å². The number of ketones is 1. The van der Waals surface area contributed by atoms with E-state index >= 15 is 0 Å². The zero-order chi connectivity index (χ0) is 54.2. The van der Waals surface area contributed by atoms with Crippen LogP contribution in [0.5, 0.6) is 0 Å². The number of nitrogens with zero attached hydrogens (tertiary/aromatic N) is 6. The number of esters is 2. The molecule has 8 rings (SSSR count). The molecule has 13 heteroatoms. The number of aldehydes is 1. The Labute approximate surface area is 443 Å². The van der Waals surface area contributed by atoms with E-state index in [-0.39, 0.29) is 55.2 Å². The quantitative estimate of drug-likeness (QED) is 0.0507. The van der Waals surface area contributed by atoms with Crippen LogP contribution in [0, 0.1) is 51.4 Å². The van der Waals surface area contributed by atoms with Crippen molar-refractivity contribution < 1.29 is 28.7 Å². The maximum Gasteiger partial charge on any atom is 0.306 e. The number of rotatable bonds is 20. The van der Waals surface area contributed by atoms with E-state index in [4.69, 9.17) is 15.2 Å². The van der Waals surface area contributed by atoms with Gasteiger partial charge in [-0.3, -0.25) is 14.4 Å². The molecule has 2 aromatic carbocycles. The highest BCUT2D eigenvalue weighted by atomic mass is 16.6. The van der Waals surface area contributed by atoms with Gasteiger partial charge in [-0.25, -0.2) is 9.36 Å². The van der Waals surface area contributed by atoms with Gasteiger partial charge >= 0.3 is 11.9 Å². The van der Waals surface area contributed by atoms with Crippen LogP contribution >= 0.6 is 0 Å². The predicted molar refractivity (Wildman–Crippen MR) is 293 cm³/mol. The van der Waals surface area contributed by atoms with Crippen LogP contribution in [-0.2, 0) is 35.1 Å². The number of ether oxygens (including phenoxy) is 2. The fraction of sp³-hybridized carbons (Fsp3) is 0.672. The van der Waals surface area contributed by atoms with Crippen LogP contribution < -0.4 is 5.73 Å². The lowest BCUT2D eigenvalue weighted by molar-refractivity contribution is -0.156. The number of anilines is 1. The van der Waals surface area contributed by atoms with Crippen LogP contribution in [0.4, 0.5) is 5.69 Å². The van der Waals surface area contributed by atoms with Gasteiger partial charge in [0, 0.05) is 48.6 Å². The van der Waals surface area contributed by atoms with E-state index in [0.29, 0.717) is 36.3 Å². The molecule has 2 atom stereocenters. The Kier molecular flexibility index (Phi) is 19.7. The molecule has 0 bridgehead atoms. The van der Waals surface area contributed by atoms with Crippen LogP contribution in [0.15, 0.2) is 36.4 Å². The highest BCUT2D eigenvalue weighted by molar-refractivity contribution is 5.83. The minimum atomic E-state index is -0.570. The van der Waals surface area contributed by atoms with Gasteiger partial charge in [0.05, 0.1) is 47.7 Å². The van der Waals surface area contributed by atoms with Crippen LogP contribution in [0.3, 0.4) is 0 Å². The summed E-state index contributed by atoms with van der Waals surface area (Å²) < 4.78 is 15.4. The molecule has 2 N–H and O–H groups in total. The number of carbonyl (C=O) groups is 4. The summed E-state index contributed by atoms with van der Waals surface area (Å²) in [6.07, 6.45) is 13.8. The van der Waals surface area contributed by atoms with Gasteiger partial charge in [0.15, 0.2) is 0 Å². The highest BCUT2D eigenvalue weighted by Crippen LogP contribution is 2.50. The van der Waals surface area contributed by atoms with E-state index in [2.05, 4.69) is 96.7 Å². The molecule has 4 aliphatic rings. The van der Waals surface area contributed by atoms with Crippen molar-refractivity contribution in [3.05, 3.63) is 87.0 Å². The fourth-order valence-corrected chi connectivity index (χ4v) is 11.0. The SMILES string of the molecule is CC(C)CC1CC(n2nnc(C(CC=O)CC(=O)OC(C)(C)C)c2C2CC2)C1.Cc1ccc(CC(=O)CC(CC(=O)OC(C)(C)C)c2nnn(C3CC(CC(C)C)C3)c2C2CC2)c(C)c1.Cc1ccc(N)c(C)c1. The summed E-state index contributed by atoms with van der Waals surface area (Å²) in [5.74, 6) is 2.87. The third-order valence-electron chi connectivity index (χ3n) is 14.8. The first-order chi connectivity index (χ1) is 34.8. The van der Waals surface area contributed by atoms with Crippen LogP contribution in [0.2, 0.25) is 0 Å². The Bertz CT molecular complexity index is 2520. The Balaban J connectivity index is 0.000000211. The first kappa shape index (κ1) is 58.1. The maximum atomic E-state index is 13.3. The van der Waals surface area contributed by atoms with Crippen LogP contribution in [0.25, 0.3) is 0 Å². The second kappa shape index (κ2) is 25.1. The minimum Gasteiger partial charge on any atom is -0.460 e. The van der Waals surface area contributed by atoms with Gasteiger partial charge in [-0.05, 0) is 180 Å². The molecule has 74 heavy (non-hydrogen) atoms. The van der Waals surface area contributed by atoms with E-state index in [1.165, 1.54) is 35.4 Å². The van der Waals surface area contributed by atoms with E-state index in [0.717, 1.165) is 109 Å². The van der Waals surface area contributed by atoms with Crippen molar-refractivity contribution in [2.45, 2.75) is 240 Å². The van der Waals surface area contributed by atoms with Gasteiger partial charge in [-0.1, -0.05) is 79.6 Å². The lowest BCUT2D eigenvalue weighted by atomic mass is 9.75. The van der Waals surface area contributed by atoms with Crippen molar-refractivity contribution in [3.63, 3.8) is 0 Å². The number of Topliss-reactive ketones (excluding diaryl/α,β-unsaturated/α-hetero) is 1. The summed E-state index contributed by atoms with van der Waals surface area (Å²) in [4.78, 5) is 50.0. The predicted octanol–water partition coefficient (Wildman–Crippen LogP) is 13.2. The molecule has 4 fully saturated rings. The van der Waals surface area contributed by atoms with Gasteiger partial charge in [-0.15, -0.1) is 10.2 Å². The Morgan fingerprint density at radius 3 is 1.47 bits per heavy atom. The molecule has 0 spiro atoms. The molecule has 2 unspecified atom stereocenters. The largest absolute Gasteiger partial charge is 0.460 e. The van der Waals surface area contributed by atoms with E-state index in [9.17, 15) is 19.2 Å². The smallest absolute Gasteiger partial charge is 0.306 e. The first-order valence-corrected chi connectivity index (χ1v) is 27.9. The van der Waals surface area contributed by atoms with Crippen molar-refractivity contribution in [3.8, 4) is 0 Å². The summed E-state index contributed by atoms with van der Waals surface area (Å²) in [6, 6.07) is 13.0. The normalized spacial score (nSPS) is 20.3. The highest BCUT2D eigenvalue weighted by Gasteiger charge is 2.42. The number of carbonyl (C=O) groups excluding carboxylic acids is 4. The molecular formula is C61H91N7O6. The Morgan fingerprint density at radius 2 is 1.08 bits per heavy atom. The summed E-state index contributed by atoms with van der Waals surface area (Å²) >= 11 is 0. The topological polar surface area (TPSA) is 174 Å². The Morgan fingerprint density at radius 1 is 0.649 bits per heavy atom. The number of hydrogen-bond acceptors (Lipinski definition) is 11. The summed E-state index contributed by atoms with van der Waals surface area (Å²) in [5, 5.41) is 18.3. The monoisotopic (exact) mass is 1020 g/mol. The molecule has 406 valence electrons. The average Bonchev–Trinajstić information content (AvgIpc) is 4.19. The van der Waals surface area contributed by atoms with Gasteiger partial charge in [0.2, 0.25) is 0 Å². The second-order valence-corrected chi connectivity index (χ2v) is 25.5. The van der Waals surface area contributed by atoms with Crippen LogP contribution in [-0.4, -0.2) is 65.2 Å². The summed E-state index contributed by atoms with van der Waals surface area (Å²) in [6.45, 7) is 28.5. The third kappa shape index (κ3) is 17.2. The second-order valence-electron chi connectivity index (χ2n) is 25.5. The van der Waals surface area contributed by atoms with E-state index in [1.54, 1.807) is 0 Å². The van der Waals surface area contributed by atoms with Gasteiger partial charge < -0.3 is 20.0 Å². The molecule has 4 saturated carbocycles. The molecule has 0 aliphatic heterocycles. The molecule has 2 heterocycles. The molecule has 0 amide bonds. The summed E-state index contributed by atoms with van der Waals surface area (Å²) in [7, 11) is 0. The average molecular weight is 1020 g/mol. The zero-order valence-corrected chi connectivity index (χ0v) is 47.6. The van der Waals surface area contributed by atoms with Gasteiger partial charge in [-0.2, -0.15) is 0 Å². The number of benzene rings is 2. The zero-order valence-electron chi connectivity index (χ0n) is 47.6. The fourth-order valence-electron chi connectivity index (χ4n) is 11.0. The Hall–Kier alpha value is -5.20. The van der Waals surface area contributed by atoms with Crippen molar-refractivity contribution >= 4 is 29.7 Å². The molecule has 4 aliphatic carbocycles. The molecule has 13 nitrogen and oxygen atoms in total. The van der Waals surface area contributed by atoms with E-state index in [1.807, 2.05) is 66.7 Å². The molecule has 0 saturated heterocycles. The lowest BCUT2D eigenvalue weighted by Gasteiger charge is -2.37. The molecule has 0 radical (unpaired) electrons. The number of nitrogens with two attached hydrogens (primary N) is 1. The summed E-state index contributed by atoms with van der Waals surface area (Å²) in [5.41, 5.74) is 15.2. The number of nitrogen functional groups attached to an aromatic ring is 1. The van der Waals surface area contributed by atoms with Crippen molar-refractivity contribution in [2.75, 3.05) is 5.73 Å². The van der Waals surface area contributed by atoms with E-state index < -0.39 is 11.2 Å².